The van der Waals surface area contributed by atoms with Crippen molar-refractivity contribution in [3.8, 4) is 0 Å². The van der Waals surface area contributed by atoms with E-state index < -0.39 is 0 Å². The number of nitrogen functional groups attached to an aromatic ring is 2. The molecule has 5 N–H and O–H groups in total. The standard InChI is InChI=1S/C13H20N4O2/c1-8(2)16-12(18)7-17(3)13(19)9-4-10(14)6-11(15)5-9/h4-6,8H,7,14-15H2,1-3H3,(H,16,18). The molecule has 0 fully saturated rings. The molecule has 104 valence electrons. The fraction of sp³-hybridized carbons (Fsp3) is 0.385. The van der Waals surface area contributed by atoms with Gasteiger partial charge in [0.25, 0.3) is 5.91 Å². The summed E-state index contributed by atoms with van der Waals surface area (Å²) in [5.41, 5.74) is 12.5. The van der Waals surface area contributed by atoms with E-state index in [0.717, 1.165) is 0 Å². The molecule has 1 rings (SSSR count). The Balaban J connectivity index is 2.74. The van der Waals surface area contributed by atoms with Crippen molar-refractivity contribution in [2.45, 2.75) is 19.9 Å². The lowest BCUT2D eigenvalue weighted by Gasteiger charge is -2.18. The molecule has 6 heteroatoms. The molecule has 0 bridgehead atoms. The minimum absolute atomic E-state index is 0.00822. The Morgan fingerprint density at radius 1 is 1.21 bits per heavy atom. The maximum Gasteiger partial charge on any atom is 0.254 e. The summed E-state index contributed by atoms with van der Waals surface area (Å²) in [6, 6.07) is 4.69. The zero-order chi connectivity index (χ0) is 14.6. The molecule has 2 amide bonds. The first kappa shape index (κ1) is 14.8. The van der Waals surface area contributed by atoms with Crippen LogP contribution in [-0.2, 0) is 4.79 Å². The van der Waals surface area contributed by atoms with E-state index in [0.29, 0.717) is 16.9 Å². The number of carbonyl (C=O) groups excluding carboxylic acids is 2. The molecule has 0 heterocycles. The average Bonchev–Trinajstić information content (AvgIpc) is 2.25. The molecule has 0 aliphatic heterocycles. The topological polar surface area (TPSA) is 101 Å². The summed E-state index contributed by atoms with van der Waals surface area (Å²) >= 11 is 0. The third kappa shape index (κ3) is 4.50. The summed E-state index contributed by atoms with van der Waals surface area (Å²) in [6.07, 6.45) is 0. The van der Waals surface area contributed by atoms with E-state index in [4.69, 9.17) is 11.5 Å². The average molecular weight is 264 g/mol. The highest BCUT2D eigenvalue weighted by molar-refractivity contribution is 5.97. The van der Waals surface area contributed by atoms with Gasteiger partial charge in [-0.05, 0) is 32.0 Å². The number of nitrogens with two attached hydrogens (primary N) is 2. The van der Waals surface area contributed by atoms with Crippen molar-refractivity contribution in [1.82, 2.24) is 10.2 Å². The highest BCUT2D eigenvalue weighted by atomic mass is 16.2. The van der Waals surface area contributed by atoms with Gasteiger partial charge in [-0.3, -0.25) is 9.59 Å². The van der Waals surface area contributed by atoms with Gasteiger partial charge in [-0.15, -0.1) is 0 Å². The van der Waals surface area contributed by atoms with Gasteiger partial charge in [0.2, 0.25) is 5.91 Å². The molecular formula is C13H20N4O2. The van der Waals surface area contributed by atoms with Crippen LogP contribution in [0.1, 0.15) is 24.2 Å². The van der Waals surface area contributed by atoms with Crippen LogP contribution in [0.15, 0.2) is 18.2 Å². The van der Waals surface area contributed by atoms with Crippen molar-refractivity contribution < 1.29 is 9.59 Å². The first-order valence-electron chi connectivity index (χ1n) is 6.00. The molecule has 6 nitrogen and oxygen atoms in total. The van der Waals surface area contributed by atoms with Crippen molar-refractivity contribution in [3.63, 3.8) is 0 Å². The predicted octanol–water partition coefficient (Wildman–Crippen LogP) is 0.448. The lowest BCUT2D eigenvalue weighted by atomic mass is 10.1. The van der Waals surface area contributed by atoms with Crippen molar-refractivity contribution in [2.24, 2.45) is 0 Å². The van der Waals surface area contributed by atoms with E-state index in [2.05, 4.69) is 5.32 Å². The van der Waals surface area contributed by atoms with E-state index in [1.165, 1.54) is 17.0 Å². The van der Waals surface area contributed by atoms with Crippen LogP contribution in [0, 0.1) is 0 Å². The highest BCUT2D eigenvalue weighted by Crippen LogP contribution is 2.15. The molecule has 0 saturated carbocycles. The summed E-state index contributed by atoms with van der Waals surface area (Å²) in [7, 11) is 1.56. The van der Waals surface area contributed by atoms with Crippen LogP contribution in [0.25, 0.3) is 0 Å². The second kappa shape index (κ2) is 6.08. The number of nitrogens with zero attached hydrogens (tertiary/aromatic N) is 1. The zero-order valence-electron chi connectivity index (χ0n) is 11.4. The van der Waals surface area contributed by atoms with Gasteiger partial charge in [0.1, 0.15) is 0 Å². The zero-order valence-corrected chi connectivity index (χ0v) is 11.4. The van der Waals surface area contributed by atoms with Crippen LogP contribution < -0.4 is 16.8 Å². The van der Waals surface area contributed by atoms with Crippen molar-refractivity contribution in [2.75, 3.05) is 25.1 Å². The van der Waals surface area contributed by atoms with Crippen LogP contribution >= 0.6 is 0 Å². The lowest BCUT2D eigenvalue weighted by Crippen LogP contribution is -2.40. The molecule has 1 aromatic rings. The van der Waals surface area contributed by atoms with Crippen LogP contribution in [-0.4, -0.2) is 36.3 Å². The molecule has 0 aromatic heterocycles. The first-order valence-corrected chi connectivity index (χ1v) is 6.00. The number of anilines is 2. The van der Waals surface area contributed by atoms with Gasteiger partial charge in [-0.1, -0.05) is 0 Å². The van der Waals surface area contributed by atoms with Crippen LogP contribution in [0.5, 0.6) is 0 Å². The van der Waals surface area contributed by atoms with Crippen LogP contribution in [0.2, 0.25) is 0 Å². The van der Waals surface area contributed by atoms with Gasteiger partial charge in [0.05, 0.1) is 6.54 Å². The van der Waals surface area contributed by atoms with Crippen molar-refractivity contribution in [1.29, 1.82) is 0 Å². The number of hydrogen-bond donors (Lipinski definition) is 3. The third-order valence-electron chi connectivity index (χ3n) is 2.40. The minimum atomic E-state index is -0.294. The Morgan fingerprint density at radius 3 is 2.21 bits per heavy atom. The quantitative estimate of drug-likeness (QED) is 0.687. The normalized spacial score (nSPS) is 10.3. The van der Waals surface area contributed by atoms with Crippen molar-refractivity contribution >= 4 is 23.2 Å². The van der Waals surface area contributed by atoms with Crippen molar-refractivity contribution in [3.05, 3.63) is 23.8 Å². The second-order valence-corrected chi connectivity index (χ2v) is 4.77. The number of carbonyl (C=O) groups is 2. The molecule has 0 unspecified atom stereocenters. The summed E-state index contributed by atoms with van der Waals surface area (Å²) in [6.45, 7) is 3.71. The van der Waals surface area contributed by atoms with E-state index in [-0.39, 0.29) is 24.4 Å². The Labute approximate surface area is 112 Å². The molecule has 1 aromatic carbocycles. The van der Waals surface area contributed by atoms with Gasteiger partial charge < -0.3 is 21.7 Å². The van der Waals surface area contributed by atoms with E-state index in [9.17, 15) is 9.59 Å². The molecule has 0 radical (unpaired) electrons. The van der Waals surface area contributed by atoms with E-state index in [1.807, 2.05) is 13.8 Å². The smallest absolute Gasteiger partial charge is 0.254 e. The SMILES string of the molecule is CC(C)NC(=O)CN(C)C(=O)c1cc(N)cc(N)c1. The maximum atomic E-state index is 12.1. The second-order valence-electron chi connectivity index (χ2n) is 4.77. The molecule has 0 saturated heterocycles. The predicted molar refractivity (Wildman–Crippen MR) is 75.5 cm³/mol. The fourth-order valence-electron chi connectivity index (χ4n) is 1.68. The molecule has 0 spiro atoms. The van der Waals surface area contributed by atoms with Crippen LogP contribution in [0.3, 0.4) is 0 Å². The maximum absolute atomic E-state index is 12.1. The summed E-state index contributed by atoms with van der Waals surface area (Å²) in [5.74, 6) is -0.499. The molecule has 0 atom stereocenters. The van der Waals surface area contributed by atoms with Gasteiger partial charge in [0, 0.05) is 30.0 Å². The monoisotopic (exact) mass is 264 g/mol. The van der Waals surface area contributed by atoms with E-state index >= 15 is 0 Å². The highest BCUT2D eigenvalue weighted by Gasteiger charge is 2.16. The molecule has 19 heavy (non-hydrogen) atoms. The summed E-state index contributed by atoms with van der Waals surface area (Å²) < 4.78 is 0. The number of hydrogen-bond acceptors (Lipinski definition) is 4. The third-order valence-corrected chi connectivity index (χ3v) is 2.40. The molecular weight excluding hydrogens is 244 g/mol. The first-order chi connectivity index (χ1) is 8.79. The van der Waals surface area contributed by atoms with Crippen LogP contribution in [0.4, 0.5) is 11.4 Å². The number of rotatable bonds is 4. The van der Waals surface area contributed by atoms with Gasteiger partial charge in [0.15, 0.2) is 0 Å². The number of benzene rings is 1. The number of amides is 2. The Bertz CT molecular complexity index is 465. The summed E-state index contributed by atoms with van der Waals surface area (Å²) in [5, 5.41) is 2.72. The molecule has 0 aliphatic carbocycles. The van der Waals surface area contributed by atoms with E-state index in [1.54, 1.807) is 13.1 Å². The van der Waals surface area contributed by atoms with Gasteiger partial charge in [-0.2, -0.15) is 0 Å². The minimum Gasteiger partial charge on any atom is -0.399 e. The Morgan fingerprint density at radius 2 is 1.74 bits per heavy atom. The fourth-order valence-corrected chi connectivity index (χ4v) is 1.68. The summed E-state index contributed by atoms with van der Waals surface area (Å²) in [4.78, 5) is 25.0. The Hall–Kier alpha value is -2.24. The number of nitrogens with one attached hydrogen (secondary N) is 1. The lowest BCUT2D eigenvalue weighted by molar-refractivity contribution is -0.122. The van der Waals surface area contributed by atoms with Gasteiger partial charge in [-0.25, -0.2) is 0 Å². The molecule has 0 aliphatic rings. The number of likely N-dealkylation sites (N-methyl/N-ethyl adjacent to an activating group) is 1. The largest absolute Gasteiger partial charge is 0.399 e. The Kier molecular flexibility index (Phi) is 4.74. The van der Waals surface area contributed by atoms with Gasteiger partial charge >= 0.3 is 0 Å².